The molecule has 3 heterocycles. The van der Waals surface area contributed by atoms with Crippen LogP contribution in [0.4, 0.5) is 0 Å². The largest absolute Gasteiger partial charge is 0.463 e. The van der Waals surface area contributed by atoms with Crippen LogP contribution in [0.25, 0.3) is 5.69 Å². The van der Waals surface area contributed by atoms with Crippen LogP contribution in [0.1, 0.15) is 46.8 Å². The third kappa shape index (κ3) is 3.58. The molecule has 1 aliphatic heterocycles. The molecule has 0 radical (unpaired) electrons. The number of para-hydroxylation sites is 1. The average molecular weight is 396 g/mol. The number of carbonyl (C=O) groups is 2. The first-order chi connectivity index (χ1) is 14.1. The maximum atomic E-state index is 13.4. The van der Waals surface area contributed by atoms with Gasteiger partial charge in [0, 0.05) is 12.6 Å². The number of likely N-dealkylation sites (tertiary alicyclic amines) is 1. The number of nitrogens with zero attached hydrogens (tertiary/aromatic N) is 8. The Bertz CT molecular complexity index is 1020. The first-order valence-corrected chi connectivity index (χ1v) is 9.23. The zero-order valence-corrected chi connectivity index (χ0v) is 16.0. The van der Waals surface area contributed by atoms with E-state index in [0.29, 0.717) is 17.8 Å². The van der Waals surface area contributed by atoms with Crippen molar-refractivity contribution in [3.8, 4) is 5.69 Å². The number of ether oxygens (including phenoxy) is 1. The maximum Gasteiger partial charge on any atom is 0.379 e. The minimum Gasteiger partial charge on any atom is -0.463 e. The van der Waals surface area contributed by atoms with Gasteiger partial charge in [-0.25, -0.2) is 4.79 Å². The lowest BCUT2D eigenvalue weighted by atomic mass is 9.98. The second-order valence-corrected chi connectivity index (χ2v) is 6.80. The molecule has 2 aromatic heterocycles. The van der Waals surface area contributed by atoms with Crippen molar-refractivity contribution in [2.75, 3.05) is 13.7 Å². The molecule has 0 spiro atoms. The zero-order valence-electron chi connectivity index (χ0n) is 16.0. The molecule has 1 fully saturated rings. The minimum absolute atomic E-state index is 0.0426. The lowest BCUT2D eigenvalue weighted by Gasteiger charge is -2.37. The Labute approximate surface area is 166 Å². The number of rotatable bonds is 4. The van der Waals surface area contributed by atoms with Gasteiger partial charge in [-0.1, -0.05) is 12.1 Å². The quantitative estimate of drug-likeness (QED) is 0.597. The summed E-state index contributed by atoms with van der Waals surface area (Å²) in [4.78, 5) is 29.6. The second kappa shape index (κ2) is 7.78. The maximum absolute atomic E-state index is 13.4. The number of benzene rings is 1. The molecule has 0 aliphatic carbocycles. The summed E-state index contributed by atoms with van der Waals surface area (Å²) in [5, 5.41) is 20.1. The van der Waals surface area contributed by atoms with Gasteiger partial charge in [0.25, 0.3) is 11.7 Å². The fourth-order valence-electron chi connectivity index (χ4n) is 3.44. The van der Waals surface area contributed by atoms with E-state index in [4.69, 9.17) is 0 Å². The lowest BCUT2D eigenvalue weighted by molar-refractivity contribution is 0.0536. The number of methoxy groups -OCH3 is 1. The Morgan fingerprint density at radius 2 is 1.90 bits per heavy atom. The van der Waals surface area contributed by atoms with Gasteiger partial charge in [0.05, 0.1) is 36.8 Å². The Morgan fingerprint density at radius 1 is 1.14 bits per heavy atom. The highest BCUT2D eigenvalue weighted by Gasteiger charge is 2.33. The van der Waals surface area contributed by atoms with Gasteiger partial charge < -0.3 is 9.64 Å². The number of piperidine rings is 1. The van der Waals surface area contributed by atoms with Gasteiger partial charge in [-0.05, 0) is 37.1 Å². The molecule has 11 nitrogen and oxygen atoms in total. The van der Waals surface area contributed by atoms with Crippen LogP contribution < -0.4 is 0 Å². The minimum atomic E-state index is -0.644. The van der Waals surface area contributed by atoms with Crippen molar-refractivity contribution >= 4 is 11.9 Å². The van der Waals surface area contributed by atoms with Crippen LogP contribution >= 0.6 is 0 Å². The summed E-state index contributed by atoms with van der Waals surface area (Å²) >= 11 is 0. The van der Waals surface area contributed by atoms with Crippen LogP contribution in [0.15, 0.2) is 36.7 Å². The number of esters is 1. The lowest BCUT2D eigenvalue weighted by Crippen LogP contribution is -2.46. The highest BCUT2D eigenvalue weighted by molar-refractivity contribution is 5.98. The first-order valence-electron chi connectivity index (χ1n) is 9.23. The molecule has 0 unspecified atom stereocenters. The van der Waals surface area contributed by atoms with Crippen LogP contribution in [-0.2, 0) is 4.74 Å². The van der Waals surface area contributed by atoms with E-state index in [1.54, 1.807) is 29.4 Å². The Balaban J connectivity index is 1.59. The van der Waals surface area contributed by atoms with E-state index in [-0.39, 0.29) is 23.8 Å². The highest BCUT2D eigenvalue weighted by Crippen LogP contribution is 2.27. The smallest absolute Gasteiger partial charge is 0.379 e. The van der Waals surface area contributed by atoms with E-state index >= 15 is 0 Å². The summed E-state index contributed by atoms with van der Waals surface area (Å²) in [5.74, 6) is -0.864. The summed E-state index contributed by atoms with van der Waals surface area (Å²) < 4.78 is 4.62. The van der Waals surface area contributed by atoms with Gasteiger partial charge >= 0.3 is 5.97 Å². The van der Waals surface area contributed by atoms with E-state index in [1.807, 2.05) is 19.1 Å². The van der Waals surface area contributed by atoms with Gasteiger partial charge in [-0.3, -0.25) is 4.79 Å². The summed E-state index contributed by atoms with van der Waals surface area (Å²) in [6.07, 6.45) is 4.67. The topological polar surface area (TPSA) is 121 Å². The molecule has 0 N–H and O–H groups in total. The molecule has 150 valence electrons. The number of aromatic nitrogens is 7. The molecule has 0 saturated carbocycles. The molecule has 29 heavy (non-hydrogen) atoms. The number of amides is 1. The predicted octanol–water partition coefficient (Wildman–Crippen LogP) is 0.906. The van der Waals surface area contributed by atoms with Crippen molar-refractivity contribution in [3.63, 3.8) is 0 Å². The second-order valence-electron chi connectivity index (χ2n) is 6.80. The van der Waals surface area contributed by atoms with Crippen LogP contribution in [-0.4, -0.2) is 71.7 Å². The van der Waals surface area contributed by atoms with Crippen LogP contribution in [0.5, 0.6) is 0 Å². The van der Waals surface area contributed by atoms with E-state index in [9.17, 15) is 9.59 Å². The van der Waals surface area contributed by atoms with Gasteiger partial charge in [-0.15, -0.1) is 10.2 Å². The molecule has 11 heteroatoms. The molecule has 4 rings (SSSR count). The normalized spacial score (nSPS) is 19.2. The first kappa shape index (κ1) is 18.7. The van der Waals surface area contributed by atoms with Gasteiger partial charge in [0.15, 0.2) is 0 Å². The van der Waals surface area contributed by atoms with Gasteiger partial charge in [-0.2, -0.15) is 19.8 Å². The van der Waals surface area contributed by atoms with Gasteiger partial charge in [0.2, 0.25) is 0 Å². The highest BCUT2D eigenvalue weighted by atomic mass is 16.5. The van der Waals surface area contributed by atoms with Crippen molar-refractivity contribution < 1.29 is 14.3 Å². The van der Waals surface area contributed by atoms with Crippen molar-refractivity contribution in [2.45, 2.75) is 31.8 Å². The zero-order chi connectivity index (χ0) is 20.4. The third-order valence-corrected chi connectivity index (χ3v) is 5.01. The summed E-state index contributed by atoms with van der Waals surface area (Å²) in [5.41, 5.74) is 1.13. The molecule has 1 amide bonds. The van der Waals surface area contributed by atoms with E-state index in [2.05, 4.69) is 30.3 Å². The average Bonchev–Trinajstić information content (AvgIpc) is 3.45. The molecule has 1 aromatic carbocycles. The molecular weight excluding hydrogens is 376 g/mol. The fraction of sp³-hybridized carbons (Fsp3) is 0.389. The Morgan fingerprint density at radius 3 is 2.66 bits per heavy atom. The van der Waals surface area contributed by atoms with Crippen LogP contribution in [0.3, 0.4) is 0 Å². The molecule has 0 bridgehead atoms. The molecule has 1 aliphatic rings. The number of hydrogen-bond acceptors (Lipinski definition) is 8. The fourth-order valence-corrected chi connectivity index (χ4v) is 3.44. The third-order valence-electron chi connectivity index (χ3n) is 5.01. The van der Waals surface area contributed by atoms with Crippen molar-refractivity contribution in [3.05, 3.63) is 48.0 Å². The molecule has 1 saturated heterocycles. The van der Waals surface area contributed by atoms with Crippen molar-refractivity contribution in [1.82, 2.24) is 40.1 Å². The SMILES string of the molecule is COC(=O)c1nnn([C@H]2CC[C@@H](C)N(C(=O)c3ccccc3-n3nccn3)C2)n1. The number of hydrogen-bond donors (Lipinski definition) is 0. The monoisotopic (exact) mass is 396 g/mol. The van der Waals surface area contributed by atoms with E-state index in [0.717, 1.165) is 12.8 Å². The van der Waals surface area contributed by atoms with Gasteiger partial charge in [0.1, 0.15) is 0 Å². The molecular formula is C18H20N8O3. The molecule has 3 aromatic rings. The Kier molecular flexibility index (Phi) is 5.02. The van der Waals surface area contributed by atoms with Crippen molar-refractivity contribution in [1.29, 1.82) is 0 Å². The van der Waals surface area contributed by atoms with Crippen molar-refractivity contribution in [2.24, 2.45) is 0 Å². The summed E-state index contributed by atoms with van der Waals surface area (Å²) in [7, 11) is 1.26. The standard InChI is InChI=1S/C18H20N8O3/c1-12-7-8-13(25-22-16(21-23-25)18(28)29-2)11-24(12)17(27)14-5-3-4-6-15(14)26-19-9-10-20-26/h3-6,9-10,12-13H,7-8,11H2,1-2H3/t12-,13+/m1/s1. The molecule has 2 atom stereocenters. The van der Waals surface area contributed by atoms with E-state index in [1.165, 1.54) is 16.7 Å². The number of tetrazole rings is 1. The predicted molar refractivity (Wildman–Crippen MR) is 99.3 cm³/mol. The van der Waals surface area contributed by atoms with E-state index < -0.39 is 5.97 Å². The number of carbonyl (C=O) groups excluding carboxylic acids is 2. The van der Waals surface area contributed by atoms with Crippen LogP contribution in [0.2, 0.25) is 0 Å². The Hall–Kier alpha value is -3.63. The summed E-state index contributed by atoms with van der Waals surface area (Å²) in [6, 6.07) is 7.08. The summed E-state index contributed by atoms with van der Waals surface area (Å²) in [6.45, 7) is 2.41. The van der Waals surface area contributed by atoms with Crippen LogP contribution in [0, 0.1) is 0 Å².